The van der Waals surface area contributed by atoms with E-state index in [0.29, 0.717) is 0 Å². The minimum Gasteiger partial charge on any atom is -0.345 e. The Labute approximate surface area is 183 Å². The Hall–Kier alpha value is -3.58. The van der Waals surface area contributed by atoms with Crippen molar-refractivity contribution in [3.63, 3.8) is 0 Å². The number of aromatic amines is 1. The smallest absolute Gasteiger partial charge is 0.238 e. The van der Waals surface area contributed by atoms with E-state index in [1.54, 1.807) is 6.33 Å². The van der Waals surface area contributed by atoms with Crippen LogP contribution in [-0.2, 0) is 9.59 Å². The highest BCUT2D eigenvalue weighted by atomic mass is 32.2. The highest BCUT2D eigenvalue weighted by Gasteiger charge is 2.29. The summed E-state index contributed by atoms with van der Waals surface area (Å²) in [6.45, 7) is 0. The summed E-state index contributed by atoms with van der Waals surface area (Å²) in [5.74, 6) is -0.320. The van der Waals surface area contributed by atoms with E-state index in [-0.39, 0.29) is 24.3 Å². The van der Waals surface area contributed by atoms with Crippen LogP contribution >= 0.6 is 11.8 Å². The molecule has 154 valence electrons. The highest BCUT2D eigenvalue weighted by Crippen LogP contribution is 2.36. The molecule has 2 atom stereocenters. The van der Waals surface area contributed by atoms with Crippen molar-refractivity contribution in [3.8, 4) is 0 Å². The number of hydrogen-bond donors (Lipinski definition) is 3. The van der Waals surface area contributed by atoms with Crippen LogP contribution in [0.3, 0.4) is 0 Å². The first-order chi connectivity index (χ1) is 15.2. The minimum atomic E-state index is -0.471. The van der Waals surface area contributed by atoms with E-state index in [4.69, 9.17) is 0 Å². The maximum atomic E-state index is 13.0. The second-order valence-corrected chi connectivity index (χ2v) is 8.63. The minimum absolute atomic E-state index is 0.0977. The van der Waals surface area contributed by atoms with Crippen LogP contribution in [0.1, 0.15) is 23.6 Å². The molecule has 0 spiro atoms. The topological polar surface area (TPSA) is 86.9 Å². The van der Waals surface area contributed by atoms with Crippen LogP contribution in [0.2, 0.25) is 0 Å². The molecule has 0 saturated carbocycles. The number of imidazole rings is 1. The monoisotopic (exact) mass is 428 g/mol. The summed E-state index contributed by atoms with van der Waals surface area (Å²) in [5.41, 5.74) is 4.50. The number of carbonyl (C=O) groups excluding carboxylic acids is 2. The van der Waals surface area contributed by atoms with Crippen LogP contribution in [0, 0.1) is 0 Å². The molecule has 4 aromatic rings. The lowest BCUT2D eigenvalue weighted by Crippen LogP contribution is -2.36. The van der Waals surface area contributed by atoms with E-state index in [1.165, 1.54) is 11.8 Å². The van der Waals surface area contributed by atoms with Crippen molar-refractivity contribution >= 4 is 40.3 Å². The van der Waals surface area contributed by atoms with Crippen molar-refractivity contribution in [2.45, 2.75) is 22.6 Å². The van der Waals surface area contributed by atoms with Gasteiger partial charge < -0.3 is 15.6 Å². The average molecular weight is 429 g/mol. The van der Waals surface area contributed by atoms with Gasteiger partial charge in [-0.15, -0.1) is 11.8 Å². The molecular formula is C24H20N4O2S. The molecule has 1 aromatic heterocycles. The second kappa shape index (κ2) is 8.28. The summed E-state index contributed by atoms with van der Waals surface area (Å²) in [6.07, 6.45) is 1.75. The van der Waals surface area contributed by atoms with Crippen molar-refractivity contribution in [1.29, 1.82) is 0 Å². The number of amides is 2. The Morgan fingerprint density at radius 3 is 2.71 bits per heavy atom. The number of nitrogens with one attached hydrogen (secondary N) is 3. The Balaban J connectivity index is 1.38. The van der Waals surface area contributed by atoms with E-state index in [2.05, 4.69) is 20.6 Å². The number of para-hydroxylation sites is 1. The molecular weight excluding hydrogens is 408 g/mol. The molecule has 7 heteroatoms. The van der Waals surface area contributed by atoms with E-state index >= 15 is 0 Å². The fourth-order valence-electron chi connectivity index (χ4n) is 3.75. The van der Waals surface area contributed by atoms with Crippen LogP contribution in [0.25, 0.3) is 11.0 Å². The van der Waals surface area contributed by atoms with Gasteiger partial charge in [-0.05, 0) is 35.4 Å². The maximum Gasteiger partial charge on any atom is 0.238 e. The first kappa shape index (κ1) is 19.4. The quantitative estimate of drug-likeness (QED) is 0.443. The molecule has 3 N–H and O–H groups in total. The molecule has 0 unspecified atom stereocenters. The van der Waals surface area contributed by atoms with E-state index in [0.717, 1.165) is 32.7 Å². The van der Waals surface area contributed by atoms with E-state index in [1.807, 2.05) is 72.8 Å². The number of carbonyl (C=O) groups is 2. The van der Waals surface area contributed by atoms with Crippen LogP contribution in [0.4, 0.5) is 5.69 Å². The number of rotatable bonds is 5. The Kier molecular flexibility index (Phi) is 5.18. The predicted molar refractivity (Wildman–Crippen MR) is 122 cm³/mol. The third-order valence-electron chi connectivity index (χ3n) is 5.29. The van der Waals surface area contributed by atoms with Gasteiger partial charge in [0.2, 0.25) is 11.8 Å². The number of nitrogens with zero attached hydrogens (tertiary/aromatic N) is 1. The summed E-state index contributed by atoms with van der Waals surface area (Å²) in [6, 6.07) is 23.0. The first-order valence-corrected chi connectivity index (χ1v) is 10.9. The van der Waals surface area contributed by atoms with E-state index < -0.39 is 5.25 Å². The molecule has 1 aliphatic rings. The molecule has 3 aromatic carbocycles. The lowest BCUT2D eigenvalue weighted by molar-refractivity contribution is -0.124. The van der Waals surface area contributed by atoms with Gasteiger partial charge in [-0.2, -0.15) is 0 Å². The highest BCUT2D eigenvalue weighted by molar-refractivity contribution is 8.01. The van der Waals surface area contributed by atoms with Crippen molar-refractivity contribution < 1.29 is 9.59 Å². The Morgan fingerprint density at radius 1 is 1.03 bits per heavy atom. The standard InChI is InChI=1S/C24H20N4O2S/c29-22(13-21-24(30)27-18-8-4-5-9-20(18)31-21)28-23(15-6-2-1-3-7-15)16-10-11-17-19(12-16)26-14-25-17/h1-12,14,21,23H,13H2,(H,25,26)(H,27,30)(H,28,29)/t21-,23+/m0/s1. The maximum absolute atomic E-state index is 13.0. The fraction of sp³-hybridized carbons (Fsp3) is 0.125. The SMILES string of the molecule is O=C(C[C@@H]1Sc2ccccc2NC1=O)N[C@H](c1ccccc1)c1ccc2nc[nH]c2c1. The van der Waals surface area contributed by atoms with Crippen molar-refractivity contribution in [2.75, 3.05) is 5.32 Å². The lowest BCUT2D eigenvalue weighted by atomic mass is 9.98. The van der Waals surface area contributed by atoms with Crippen LogP contribution in [0.15, 0.2) is 84.0 Å². The normalized spacial score (nSPS) is 16.4. The molecule has 0 fully saturated rings. The number of anilines is 1. The van der Waals surface area contributed by atoms with Crippen LogP contribution in [-0.4, -0.2) is 27.0 Å². The van der Waals surface area contributed by atoms with Gasteiger partial charge in [-0.1, -0.05) is 48.5 Å². The zero-order chi connectivity index (χ0) is 21.2. The third-order valence-corrected chi connectivity index (χ3v) is 6.57. The van der Waals surface area contributed by atoms with Crippen molar-refractivity contribution in [1.82, 2.24) is 15.3 Å². The van der Waals surface area contributed by atoms with Crippen molar-refractivity contribution in [2.24, 2.45) is 0 Å². The van der Waals surface area contributed by atoms with Crippen molar-refractivity contribution in [3.05, 3.63) is 90.3 Å². The largest absolute Gasteiger partial charge is 0.345 e. The molecule has 1 aliphatic heterocycles. The van der Waals surface area contributed by atoms with Gasteiger partial charge in [-0.3, -0.25) is 9.59 Å². The van der Waals surface area contributed by atoms with Crippen LogP contribution < -0.4 is 10.6 Å². The molecule has 0 saturated heterocycles. The fourth-order valence-corrected chi connectivity index (χ4v) is 4.86. The molecule has 2 amide bonds. The Bertz CT molecular complexity index is 1250. The molecule has 2 heterocycles. The zero-order valence-corrected chi connectivity index (χ0v) is 17.4. The van der Waals surface area contributed by atoms with Gasteiger partial charge >= 0.3 is 0 Å². The number of benzene rings is 3. The van der Waals surface area contributed by atoms with E-state index in [9.17, 15) is 9.59 Å². The predicted octanol–water partition coefficient (Wildman–Crippen LogP) is 4.27. The Morgan fingerprint density at radius 2 is 1.84 bits per heavy atom. The number of thioether (sulfide) groups is 1. The summed E-state index contributed by atoms with van der Waals surface area (Å²) in [4.78, 5) is 33.9. The molecule has 0 bridgehead atoms. The summed E-state index contributed by atoms with van der Waals surface area (Å²) in [5, 5.41) is 5.56. The first-order valence-electron chi connectivity index (χ1n) is 10.0. The zero-order valence-electron chi connectivity index (χ0n) is 16.5. The van der Waals surface area contributed by atoms with Gasteiger partial charge in [0.25, 0.3) is 0 Å². The second-order valence-electron chi connectivity index (χ2n) is 7.39. The summed E-state index contributed by atoms with van der Waals surface area (Å²) < 4.78 is 0. The molecule has 0 radical (unpaired) electrons. The van der Waals surface area contributed by atoms with Gasteiger partial charge in [-0.25, -0.2) is 4.98 Å². The number of fused-ring (bicyclic) bond motifs is 2. The molecule has 31 heavy (non-hydrogen) atoms. The van der Waals surface area contributed by atoms with Crippen LogP contribution in [0.5, 0.6) is 0 Å². The molecule has 6 nitrogen and oxygen atoms in total. The van der Waals surface area contributed by atoms with Gasteiger partial charge in [0.15, 0.2) is 0 Å². The number of aromatic nitrogens is 2. The number of H-pyrrole nitrogens is 1. The summed E-state index contributed by atoms with van der Waals surface area (Å²) in [7, 11) is 0. The van der Waals surface area contributed by atoms with Gasteiger partial charge in [0, 0.05) is 11.3 Å². The summed E-state index contributed by atoms with van der Waals surface area (Å²) >= 11 is 1.43. The third kappa shape index (κ3) is 4.04. The van der Waals surface area contributed by atoms with Gasteiger partial charge in [0.05, 0.1) is 34.3 Å². The molecule has 0 aliphatic carbocycles. The number of hydrogen-bond acceptors (Lipinski definition) is 4. The van der Waals surface area contributed by atoms with Gasteiger partial charge in [0.1, 0.15) is 0 Å². The lowest BCUT2D eigenvalue weighted by Gasteiger charge is -2.25. The average Bonchev–Trinajstić information content (AvgIpc) is 3.26. The molecule has 5 rings (SSSR count).